The Labute approximate surface area is 54.0 Å². The summed E-state index contributed by atoms with van der Waals surface area (Å²) >= 11 is 0. The van der Waals surface area contributed by atoms with Crippen LogP contribution >= 0.6 is 0 Å². The van der Waals surface area contributed by atoms with E-state index in [0.29, 0.717) is 5.41 Å². The Balaban J connectivity index is 4.03. The van der Waals surface area contributed by atoms with Gasteiger partial charge in [-0.2, -0.15) is 8.42 Å². The largest absolute Gasteiger partial charge is 0.383 e. The molecule has 0 heterocycles. The van der Waals surface area contributed by atoms with Crippen molar-refractivity contribution < 1.29 is 12.3 Å². The topological polar surface area (TPSA) is 37.4 Å². The fourth-order valence-corrected chi connectivity index (χ4v) is 0.583. The minimum absolute atomic E-state index is 0.493. The van der Waals surface area contributed by atoms with Gasteiger partial charge in [0, 0.05) is 20.3 Å². The van der Waals surface area contributed by atoms with Crippen molar-refractivity contribution in [2.45, 2.75) is 0 Å². The lowest BCUT2D eigenvalue weighted by molar-refractivity contribution is 0.550. The summed E-state index contributed by atoms with van der Waals surface area (Å²) < 4.78 is 31.1. The van der Waals surface area contributed by atoms with Gasteiger partial charge in [0.2, 0.25) is 0 Å². The quantitative estimate of drug-likeness (QED) is 0.536. The van der Waals surface area contributed by atoms with E-state index < -0.39 is 10.2 Å². The second kappa shape index (κ2) is 2.82. The Morgan fingerprint density at radius 3 is 2.00 bits per heavy atom. The van der Waals surface area contributed by atoms with Gasteiger partial charge in [-0.15, -0.1) is 3.89 Å². The highest BCUT2D eigenvalue weighted by Gasteiger charge is 1.96. The molecule has 0 aromatic rings. The van der Waals surface area contributed by atoms with E-state index in [4.69, 9.17) is 0 Å². The maximum Gasteiger partial charge on any atom is 0.326 e. The fourth-order valence-electron chi connectivity index (χ4n) is 0.194. The van der Waals surface area contributed by atoms with Gasteiger partial charge in [0.15, 0.2) is 0 Å². The standard InChI is InChI=1S/C4H8FNO2S/c1-6(2)3-4-9(5,7)8/h3-4H,1-2H3/b4-3+. The average molecular weight is 153 g/mol. The van der Waals surface area contributed by atoms with Crippen LogP contribution in [-0.2, 0) is 10.2 Å². The van der Waals surface area contributed by atoms with E-state index in [1.54, 1.807) is 14.1 Å². The van der Waals surface area contributed by atoms with E-state index in [2.05, 4.69) is 0 Å². The van der Waals surface area contributed by atoms with Crippen LogP contribution in [0, 0.1) is 0 Å². The van der Waals surface area contributed by atoms with Crippen LogP contribution in [0.2, 0.25) is 0 Å². The summed E-state index contributed by atoms with van der Waals surface area (Å²) in [5.41, 5.74) is 0. The van der Waals surface area contributed by atoms with Crippen molar-refractivity contribution in [1.82, 2.24) is 4.90 Å². The summed E-state index contributed by atoms with van der Waals surface area (Å²) in [7, 11) is -1.24. The van der Waals surface area contributed by atoms with E-state index in [1.165, 1.54) is 4.90 Å². The van der Waals surface area contributed by atoms with E-state index >= 15 is 0 Å². The van der Waals surface area contributed by atoms with E-state index in [1.807, 2.05) is 0 Å². The number of halogens is 1. The molecule has 0 aromatic carbocycles. The normalized spacial score (nSPS) is 12.3. The van der Waals surface area contributed by atoms with E-state index in [-0.39, 0.29) is 0 Å². The first-order valence-electron chi connectivity index (χ1n) is 2.21. The molecule has 0 aliphatic carbocycles. The van der Waals surface area contributed by atoms with Gasteiger partial charge in [0.25, 0.3) is 0 Å². The van der Waals surface area contributed by atoms with Crippen LogP contribution in [0.25, 0.3) is 0 Å². The third-order valence-electron chi connectivity index (χ3n) is 0.522. The molecule has 5 heteroatoms. The van der Waals surface area contributed by atoms with Crippen molar-refractivity contribution in [3.8, 4) is 0 Å². The highest BCUT2D eigenvalue weighted by atomic mass is 32.3. The Morgan fingerprint density at radius 1 is 1.44 bits per heavy atom. The third-order valence-corrected chi connectivity index (χ3v) is 0.968. The molecule has 0 amide bonds. The lowest BCUT2D eigenvalue weighted by atomic mass is 10.9. The molecule has 3 nitrogen and oxygen atoms in total. The van der Waals surface area contributed by atoms with E-state index in [9.17, 15) is 12.3 Å². The summed E-state index contributed by atoms with van der Waals surface area (Å²) in [5, 5.41) is 0.493. The lowest BCUT2D eigenvalue weighted by Crippen LogP contribution is -2.01. The predicted molar refractivity (Wildman–Crippen MR) is 32.9 cm³/mol. The fraction of sp³-hybridized carbons (Fsp3) is 0.500. The second-order valence-electron chi connectivity index (χ2n) is 1.72. The minimum Gasteiger partial charge on any atom is -0.383 e. The number of hydrogen-bond acceptors (Lipinski definition) is 3. The van der Waals surface area contributed by atoms with Crippen molar-refractivity contribution in [2.24, 2.45) is 0 Å². The summed E-state index contributed by atoms with van der Waals surface area (Å²) in [6.45, 7) is 0. The molecule has 0 radical (unpaired) electrons. The molecular formula is C4H8FNO2S. The Bertz CT molecular complexity index is 195. The third kappa shape index (κ3) is 7.42. The highest BCUT2D eigenvalue weighted by Crippen LogP contribution is 1.92. The lowest BCUT2D eigenvalue weighted by Gasteiger charge is -2.00. The summed E-state index contributed by atoms with van der Waals surface area (Å²) in [6, 6.07) is 0. The Hall–Kier alpha value is -0.580. The first-order chi connectivity index (χ1) is 3.92. The van der Waals surface area contributed by atoms with Gasteiger partial charge in [-0.25, -0.2) is 0 Å². The molecule has 9 heavy (non-hydrogen) atoms. The van der Waals surface area contributed by atoms with Crippen molar-refractivity contribution in [3.05, 3.63) is 11.6 Å². The monoisotopic (exact) mass is 153 g/mol. The first kappa shape index (κ1) is 8.42. The molecule has 0 saturated heterocycles. The Kier molecular flexibility index (Phi) is 2.64. The maximum atomic E-state index is 11.6. The zero-order valence-electron chi connectivity index (χ0n) is 5.20. The molecule has 0 aromatic heterocycles. The average Bonchev–Trinajstić information content (AvgIpc) is 1.59. The first-order valence-corrected chi connectivity index (χ1v) is 3.66. The zero-order valence-corrected chi connectivity index (χ0v) is 6.02. The molecule has 0 unspecified atom stereocenters. The summed E-state index contributed by atoms with van der Waals surface area (Å²) in [4.78, 5) is 1.43. The predicted octanol–water partition coefficient (Wildman–Crippen LogP) is 0.318. The van der Waals surface area contributed by atoms with Crippen molar-refractivity contribution in [3.63, 3.8) is 0 Å². The van der Waals surface area contributed by atoms with Crippen LogP contribution in [0.5, 0.6) is 0 Å². The molecule has 0 spiro atoms. The molecule has 0 N–H and O–H groups in total. The van der Waals surface area contributed by atoms with Crippen molar-refractivity contribution in [2.75, 3.05) is 14.1 Å². The molecule has 0 saturated carbocycles. The molecular weight excluding hydrogens is 145 g/mol. The van der Waals surface area contributed by atoms with Gasteiger partial charge in [-0.05, 0) is 0 Å². The van der Waals surface area contributed by atoms with Gasteiger partial charge < -0.3 is 4.90 Å². The number of hydrogen-bond donors (Lipinski definition) is 0. The highest BCUT2D eigenvalue weighted by molar-refractivity contribution is 7.89. The number of nitrogens with zero attached hydrogens (tertiary/aromatic N) is 1. The van der Waals surface area contributed by atoms with E-state index in [0.717, 1.165) is 6.20 Å². The minimum atomic E-state index is -4.44. The van der Waals surface area contributed by atoms with Gasteiger partial charge in [-0.3, -0.25) is 0 Å². The zero-order chi connectivity index (χ0) is 7.49. The molecule has 0 rings (SSSR count). The molecule has 0 atom stereocenters. The smallest absolute Gasteiger partial charge is 0.326 e. The second-order valence-corrected chi connectivity index (χ2v) is 2.95. The van der Waals surface area contributed by atoms with Crippen LogP contribution in [0.4, 0.5) is 3.89 Å². The summed E-state index contributed by atoms with van der Waals surface area (Å²) in [6.07, 6.45) is 1.12. The van der Waals surface area contributed by atoms with Crippen LogP contribution < -0.4 is 0 Å². The number of rotatable bonds is 2. The van der Waals surface area contributed by atoms with Crippen LogP contribution in [0.15, 0.2) is 11.6 Å². The van der Waals surface area contributed by atoms with Gasteiger partial charge in [0.1, 0.15) is 0 Å². The van der Waals surface area contributed by atoms with Crippen LogP contribution in [0.1, 0.15) is 0 Å². The van der Waals surface area contributed by atoms with Crippen LogP contribution in [-0.4, -0.2) is 27.4 Å². The van der Waals surface area contributed by atoms with Gasteiger partial charge in [-0.1, -0.05) is 0 Å². The SMILES string of the molecule is CN(C)/C=C/S(=O)(=O)F. The molecule has 0 aliphatic rings. The molecule has 54 valence electrons. The van der Waals surface area contributed by atoms with Gasteiger partial charge in [0.05, 0.1) is 5.41 Å². The summed E-state index contributed by atoms with van der Waals surface area (Å²) in [5.74, 6) is 0. The van der Waals surface area contributed by atoms with Gasteiger partial charge >= 0.3 is 10.2 Å². The molecule has 0 aliphatic heterocycles. The molecule has 0 bridgehead atoms. The molecule has 0 fully saturated rings. The van der Waals surface area contributed by atoms with Crippen molar-refractivity contribution in [1.29, 1.82) is 0 Å². The van der Waals surface area contributed by atoms with Crippen LogP contribution in [0.3, 0.4) is 0 Å². The van der Waals surface area contributed by atoms with Crippen molar-refractivity contribution >= 4 is 10.2 Å². The Morgan fingerprint density at radius 2 is 1.89 bits per heavy atom. The maximum absolute atomic E-state index is 11.6.